The third-order valence-corrected chi connectivity index (χ3v) is 5.53. The minimum Gasteiger partial charge on any atom is -0.463 e. The highest BCUT2D eigenvalue weighted by Gasteiger charge is 2.69. The standard InChI is InChI=1S/C16H19F3N2O5S/c1-3-26-14(23)15(16(17,18)19,21-10-4-5-13(21)22)20-27(24,25)12-8-6-11(2)7-9-12/h6-9,20H,3-5,10H2,1-2H3/t15-/m0/s1. The van der Waals surface area contributed by atoms with Gasteiger partial charge in [0.25, 0.3) is 0 Å². The average Bonchev–Trinajstić information content (AvgIpc) is 2.98. The highest BCUT2D eigenvalue weighted by molar-refractivity contribution is 7.89. The number of halogens is 3. The van der Waals surface area contributed by atoms with Crippen molar-refractivity contribution in [3.8, 4) is 0 Å². The molecule has 1 aromatic carbocycles. The number of amides is 1. The molecule has 1 heterocycles. The first-order chi connectivity index (χ1) is 12.5. The lowest BCUT2D eigenvalue weighted by Crippen LogP contribution is -2.73. The molecule has 0 bridgehead atoms. The number of likely N-dealkylation sites (tertiary alicyclic amines) is 1. The van der Waals surface area contributed by atoms with Crippen LogP contribution in [0.4, 0.5) is 13.2 Å². The molecule has 1 aliphatic heterocycles. The number of nitrogens with one attached hydrogen (secondary N) is 1. The van der Waals surface area contributed by atoms with Crippen LogP contribution in [0.3, 0.4) is 0 Å². The summed E-state index contributed by atoms with van der Waals surface area (Å²) in [6.45, 7) is 2.09. The van der Waals surface area contributed by atoms with Crippen molar-refractivity contribution in [3.63, 3.8) is 0 Å². The Morgan fingerprint density at radius 3 is 2.30 bits per heavy atom. The summed E-state index contributed by atoms with van der Waals surface area (Å²) in [5.74, 6) is -2.89. The van der Waals surface area contributed by atoms with Crippen molar-refractivity contribution < 1.29 is 35.9 Å². The molecule has 7 nitrogen and oxygen atoms in total. The quantitative estimate of drug-likeness (QED) is 0.724. The highest BCUT2D eigenvalue weighted by atomic mass is 32.2. The Balaban J connectivity index is 2.62. The van der Waals surface area contributed by atoms with Crippen LogP contribution in [0.5, 0.6) is 0 Å². The van der Waals surface area contributed by atoms with Crippen molar-refractivity contribution in [1.82, 2.24) is 9.62 Å². The molecule has 1 saturated heterocycles. The topological polar surface area (TPSA) is 92.8 Å². The van der Waals surface area contributed by atoms with E-state index in [1.54, 1.807) is 6.92 Å². The summed E-state index contributed by atoms with van der Waals surface area (Å²) in [6.07, 6.45) is -5.62. The van der Waals surface area contributed by atoms with Crippen LogP contribution >= 0.6 is 0 Å². The summed E-state index contributed by atoms with van der Waals surface area (Å²) in [5, 5.41) is 0. The second-order valence-electron chi connectivity index (χ2n) is 6.00. The van der Waals surface area contributed by atoms with Crippen molar-refractivity contribution >= 4 is 21.9 Å². The van der Waals surface area contributed by atoms with Gasteiger partial charge in [-0.1, -0.05) is 17.7 Å². The Morgan fingerprint density at radius 1 is 1.26 bits per heavy atom. The normalized spacial score (nSPS) is 17.7. The van der Waals surface area contributed by atoms with Gasteiger partial charge in [-0.3, -0.25) is 4.79 Å². The molecule has 1 aromatic rings. The molecule has 0 aromatic heterocycles. The van der Waals surface area contributed by atoms with Crippen LogP contribution in [0.1, 0.15) is 25.3 Å². The molecular formula is C16H19F3N2O5S. The summed E-state index contributed by atoms with van der Waals surface area (Å²) < 4.78 is 73.4. The smallest absolute Gasteiger partial charge is 0.437 e. The first-order valence-electron chi connectivity index (χ1n) is 8.11. The van der Waals surface area contributed by atoms with Crippen LogP contribution in [0, 0.1) is 6.92 Å². The molecular weight excluding hydrogens is 389 g/mol. The van der Waals surface area contributed by atoms with Crippen LogP contribution in [-0.4, -0.2) is 50.2 Å². The Labute approximate surface area is 154 Å². The Hall–Kier alpha value is -2.14. The molecule has 0 aliphatic carbocycles. The van der Waals surface area contributed by atoms with E-state index in [1.165, 1.54) is 23.8 Å². The van der Waals surface area contributed by atoms with E-state index >= 15 is 0 Å². The summed E-state index contributed by atoms with van der Waals surface area (Å²) in [4.78, 5) is 24.1. The lowest BCUT2D eigenvalue weighted by molar-refractivity contribution is -0.241. The number of aryl methyl sites for hydroxylation is 1. The van der Waals surface area contributed by atoms with Gasteiger partial charge in [-0.15, -0.1) is 0 Å². The van der Waals surface area contributed by atoms with Gasteiger partial charge in [-0.25, -0.2) is 13.2 Å². The number of rotatable bonds is 6. The number of nitrogens with zero attached hydrogens (tertiary/aromatic N) is 1. The van der Waals surface area contributed by atoms with Crippen LogP contribution in [0.2, 0.25) is 0 Å². The Morgan fingerprint density at radius 2 is 1.85 bits per heavy atom. The molecule has 27 heavy (non-hydrogen) atoms. The van der Waals surface area contributed by atoms with Crippen LogP contribution < -0.4 is 4.72 Å². The first kappa shape index (κ1) is 21.2. The van der Waals surface area contributed by atoms with Crippen LogP contribution in [0.25, 0.3) is 0 Å². The van der Waals surface area contributed by atoms with E-state index in [0.29, 0.717) is 5.56 Å². The van der Waals surface area contributed by atoms with E-state index in [2.05, 4.69) is 4.74 Å². The van der Waals surface area contributed by atoms with E-state index < -0.39 is 51.8 Å². The zero-order chi connectivity index (χ0) is 20.5. The number of hydrogen-bond donors (Lipinski definition) is 1. The van der Waals surface area contributed by atoms with E-state index in [9.17, 15) is 31.2 Å². The van der Waals surface area contributed by atoms with E-state index in [-0.39, 0.29) is 17.7 Å². The maximum absolute atomic E-state index is 14.1. The van der Waals surface area contributed by atoms with Gasteiger partial charge in [0.2, 0.25) is 15.9 Å². The minimum atomic E-state index is -5.45. The van der Waals surface area contributed by atoms with Gasteiger partial charge in [-0.2, -0.15) is 17.9 Å². The zero-order valence-corrected chi connectivity index (χ0v) is 15.5. The molecule has 1 atom stereocenters. The second kappa shape index (κ2) is 7.47. The molecule has 11 heteroatoms. The number of carbonyl (C=O) groups excluding carboxylic acids is 2. The number of sulfonamides is 1. The molecule has 1 aliphatic rings. The number of hydrogen-bond acceptors (Lipinski definition) is 5. The Kier molecular flexibility index (Phi) is 5.85. The monoisotopic (exact) mass is 408 g/mol. The average molecular weight is 408 g/mol. The first-order valence-corrected chi connectivity index (χ1v) is 9.59. The maximum atomic E-state index is 14.1. The highest BCUT2D eigenvalue weighted by Crippen LogP contribution is 2.38. The van der Waals surface area contributed by atoms with Crippen molar-refractivity contribution in [2.75, 3.05) is 13.2 Å². The molecule has 0 spiro atoms. The number of ether oxygens (including phenoxy) is 1. The minimum absolute atomic E-state index is 0.0579. The van der Waals surface area contributed by atoms with E-state index in [4.69, 9.17) is 0 Å². The molecule has 0 saturated carbocycles. The van der Waals surface area contributed by atoms with Gasteiger partial charge in [0.05, 0.1) is 11.5 Å². The summed E-state index contributed by atoms with van der Waals surface area (Å²) in [5.41, 5.74) is -3.14. The number of esters is 1. The third-order valence-electron chi connectivity index (χ3n) is 4.07. The SMILES string of the molecule is CCOC(=O)[C@](NS(=O)(=O)c1ccc(C)cc1)(N1CCCC1=O)C(F)(F)F. The second-order valence-corrected chi connectivity index (χ2v) is 7.68. The third kappa shape index (κ3) is 3.93. The van der Waals surface area contributed by atoms with Gasteiger partial charge in [0.1, 0.15) is 0 Å². The number of alkyl halides is 3. The number of benzene rings is 1. The zero-order valence-electron chi connectivity index (χ0n) is 14.7. The fourth-order valence-electron chi connectivity index (χ4n) is 2.74. The van der Waals surface area contributed by atoms with Gasteiger partial charge in [-0.05, 0) is 32.4 Å². The van der Waals surface area contributed by atoms with Gasteiger partial charge in [0.15, 0.2) is 0 Å². The number of carbonyl (C=O) groups is 2. The van der Waals surface area contributed by atoms with Crippen LogP contribution in [0.15, 0.2) is 29.2 Å². The van der Waals surface area contributed by atoms with Crippen molar-refractivity contribution in [2.24, 2.45) is 0 Å². The van der Waals surface area contributed by atoms with E-state index in [1.807, 2.05) is 0 Å². The predicted molar refractivity (Wildman–Crippen MR) is 87.9 cm³/mol. The molecule has 1 amide bonds. The lowest BCUT2D eigenvalue weighted by atomic mass is 10.1. The van der Waals surface area contributed by atoms with Gasteiger partial charge < -0.3 is 9.64 Å². The molecule has 150 valence electrons. The van der Waals surface area contributed by atoms with Crippen molar-refractivity contribution in [2.45, 2.75) is 43.4 Å². The fraction of sp³-hybridized carbons (Fsp3) is 0.500. The van der Waals surface area contributed by atoms with Crippen molar-refractivity contribution in [1.29, 1.82) is 0 Å². The summed E-state index contributed by atoms with van der Waals surface area (Å²) in [7, 11) is -4.81. The Bertz CT molecular complexity index is 823. The summed E-state index contributed by atoms with van der Waals surface area (Å²) >= 11 is 0. The maximum Gasteiger partial charge on any atom is 0.437 e. The van der Waals surface area contributed by atoms with Crippen molar-refractivity contribution in [3.05, 3.63) is 29.8 Å². The molecule has 2 rings (SSSR count). The lowest BCUT2D eigenvalue weighted by Gasteiger charge is -2.40. The fourth-order valence-corrected chi connectivity index (χ4v) is 4.05. The van der Waals surface area contributed by atoms with Gasteiger partial charge >= 0.3 is 17.8 Å². The summed E-state index contributed by atoms with van der Waals surface area (Å²) in [6, 6.07) is 5.01. The molecule has 1 fully saturated rings. The largest absolute Gasteiger partial charge is 0.463 e. The molecule has 0 radical (unpaired) electrons. The van der Waals surface area contributed by atoms with Gasteiger partial charge in [0, 0.05) is 13.0 Å². The molecule has 0 unspecified atom stereocenters. The molecule has 1 N–H and O–H groups in total. The van der Waals surface area contributed by atoms with E-state index in [0.717, 1.165) is 12.1 Å². The van der Waals surface area contributed by atoms with Crippen LogP contribution in [-0.2, 0) is 24.3 Å². The predicted octanol–water partition coefficient (Wildman–Crippen LogP) is 1.72.